The molecule has 33 heavy (non-hydrogen) atoms. The summed E-state index contributed by atoms with van der Waals surface area (Å²) in [4.78, 5) is 25.3. The van der Waals surface area contributed by atoms with Crippen LogP contribution in [0.1, 0.15) is 64.9 Å². The molecule has 2 aliphatic heterocycles. The fourth-order valence-electron chi connectivity index (χ4n) is 4.87. The lowest BCUT2D eigenvalue weighted by molar-refractivity contribution is -0.143. The number of halogens is 3. The van der Waals surface area contributed by atoms with Crippen molar-refractivity contribution in [1.82, 2.24) is 9.62 Å². The lowest BCUT2D eigenvalue weighted by Crippen LogP contribution is -2.54. The van der Waals surface area contributed by atoms with E-state index >= 15 is 0 Å². The number of hydrogen-bond donors (Lipinski definition) is 2. The van der Waals surface area contributed by atoms with Crippen LogP contribution >= 0.6 is 0 Å². The Kier molecular flexibility index (Phi) is 8.01. The first-order chi connectivity index (χ1) is 15.4. The SMILES string of the molecule is CC(C)(C)[S+]([O-])N[C@H](Cc1cc(F)c(F)cc1F)[C@@H]1C[C@H]2CC[C@@H](C1)N2C(=O)CCC(=O)O. The van der Waals surface area contributed by atoms with Gasteiger partial charge in [0.25, 0.3) is 0 Å². The van der Waals surface area contributed by atoms with Gasteiger partial charge in [0.05, 0.1) is 12.5 Å². The van der Waals surface area contributed by atoms with Gasteiger partial charge in [-0.05, 0) is 70.4 Å². The van der Waals surface area contributed by atoms with Crippen LogP contribution in [0.2, 0.25) is 0 Å². The normalized spacial score (nSPS) is 24.6. The van der Waals surface area contributed by atoms with E-state index in [1.807, 2.05) is 0 Å². The number of benzene rings is 1. The predicted octanol–water partition coefficient (Wildman–Crippen LogP) is 3.70. The average Bonchev–Trinajstić information content (AvgIpc) is 2.98. The molecule has 6 nitrogen and oxygen atoms in total. The molecule has 0 aromatic heterocycles. The molecule has 5 atom stereocenters. The van der Waals surface area contributed by atoms with Crippen LogP contribution in [-0.2, 0) is 27.4 Å². The number of carboxylic acid groups (broad SMARTS) is 1. The fraction of sp³-hybridized carbons (Fsp3) is 0.652. The number of amides is 1. The van der Waals surface area contributed by atoms with Crippen molar-refractivity contribution in [2.45, 2.75) is 88.6 Å². The Hall–Kier alpha value is -1.78. The van der Waals surface area contributed by atoms with Crippen molar-refractivity contribution >= 4 is 23.2 Å². The highest BCUT2D eigenvalue weighted by molar-refractivity contribution is 7.90. The minimum absolute atomic E-state index is 0.00428. The predicted molar refractivity (Wildman–Crippen MR) is 118 cm³/mol. The summed E-state index contributed by atoms with van der Waals surface area (Å²) < 4.78 is 57.0. The molecule has 0 aliphatic carbocycles. The molecule has 2 bridgehead atoms. The summed E-state index contributed by atoms with van der Waals surface area (Å²) in [5.41, 5.74) is 0.00428. The molecule has 0 radical (unpaired) electrons. The third-order valence-corrected chi connectivity index (χ3v) is 8.15. The molecule has 1 aromatic carbocycles. The van der Waals surface area contributed by atoms with Gasteiger partial charge in [-0.15, -0.1) is 4.72 Å². The van der Waals surface area contributed by atoms with Gasteiger partial charge in [-0.2, -0.15) is 0 Å². The minimum Gasteiger partial charge on any atom is -0.598 e. The Labute approximate surface area is 195 Å². The summed E-state index contributed by atoms with van der Waals surface area (Å²) in [6.07, 6.45) is 2.50. The topological polar surface area (TPSA) is 92.7 Å². The monoisotopic (exact) mass is 488 g/mol. The van der Waals surface area contributed by atoms with E-state index in [0.29, 0.717) is 18.9 Å². The molecule has 2 aliphatic rings. The highest BCUT2D eigenvalue weighted by Crippen LogP contribution is 2.41. The number of rotatable bonds is 8. The van der Waals surface area contributed by atoms with Crippen molar-refractivity contribution in [3.05, 3.63) is 35.1 Å². The summed E-state index contributed by atoms with van der Waals surface area (Å²) >= 11 is -1.47. The molecule has 0 spiro atoms. The van der Waals surface area contributed by atoms with E-state index in [2.05, 4.69) is 4.72 Å². The molecule has 0 saturated carbocycles. The van der Waals surface area contributed by atoms with Gasteiger partial charge in [-0.25, -0.2) is 13.2 Å². The number of hydrogen-bond acceptors (Lipinski definition) is 4. The van der Waals surface area contributed by atoms with Crippen LogP contribution in [0.15, 0.2) is 12.1 Å². The van der Waals surface area contributed by atoms with Crippen molar-refractivity contribution in [3.63, 3.8) is 0 Å². The van der Waals surface area contributed by atoms with Crippen LogP contribution in [0.25, 0.3) is 0 Å². The van der Waals surface area contributed by atoms with Crippen molar-refractivity contribution in [1.29, 1.82) is 0 Å². The highest BCUT2D eigenvalue weighted by atomic mass is 32.2. The van der Waals surface area contributed by atoms with Gasteiger partial charge in [0.2, 0.25) is 5.91 Å². The van der Waals surface area contributed by atoms with Crippen molar-refractivity contribution < 1.29 is 32.4 Å². The van der Waals surface area contributed by atoms with Crippen LogP contribution in [0.5, 0.6) is 0 Å². The molecule has 2 fully saturated rings. The lowest BCUT2D eigenvalue weighted by Gasteiger charge is -2.42. The molecular weight excluding hydrogens is 457 g/mol. The van der Waals surface area contributed by atoms with Crippen molar-refractivity contribution in [2.75, 3.05) is 0 Å². The second-order valence-corrected chi connectivity index (χ2v) is 12.0. The highest BCUT2D eigenvalue weighted by Gasteiger charge is 2.46. The molecule has 1 amide bonds. The zero-order valence-electron chi connectivity index (χ0n) is 19.1. The summed E-state index contributed by atoms with van der Waals surface area (Å²) in [5.74, 6) is -4.52. The Morgan fingerprint density at radius 2 is 1.70 bits per heavy atom. The standard InChI is InChI=1S/C23H31F3N2O4S/c1-23(2,3)33(32)27-20(11-13-10-18(25)19(26)12-17(13)24)14-8-15-4-5-16(9-14)28(15)21(29)6-7-22(30)31/h10,12,14-16,20,27H,4-9,11H2,1-3H3,(H,30,31)/t14-,15-,16+,20-,33?/m1/s1. The zero-order valence-corrected chi connectivity index (χ0v) is 19.9. The number of fused-ring (bicyclic) bond motifs is 2. The Morgan fingerprint density at radius 3 is 2.24 bits per heavy atom. The molecule has 1 unspecified atom stereocenters. The van der Waals surface area contributed by atoms with Crippen LogP contribution in [0, 0.1) is 23.4 Å². The molecule has 10 heteroatoms. The number of carbonyl (C=O) groups is 2. The molecule has 2 heterocycles. The Balaban J connectivity index is 1.80. The zero-order chi connectivity index (χ0) is 24.5. The van der Waals surface area contributed by atoms with Gasteiger partial charge in [-0.3, -0.25) is 9.59 Å². The largest absolute Gasteiger partial charge is 0.598 e. The third kappa shape index (κ3) is 6.22. The van der Waals surface area contributed by atoms with E-state index in [1.54, 1.807) is 25.7 Å². The van der Waals surface area contributed by atoms with E-state index in [1.165, 1.54) is 0 Å². The van der Waals surface area contributed by atoms with Gasteiger partial charge >= 0.3 is 5.97 Å². The maximum atomic E-state index is 14.4. The summed E-state index contributed by atoms with van der Waals surface area (Å²) in [6.45, 7) is 5.41. The van der Waals surface area contributed by atoms with E-state index in [4.69, 9.17) is 5.11 Å². The number of carboxylic acids is 1. The number of aliphatic carboxylic acids is 1. The van der Waals surface area contributed by atoms with E-state index < -0.39 is 45.6 Å². The number of nitrogens with one attached hydrogen (secondary N) is 1. The molecule has 2 saturated heterocycles. The summed E-state index contributed by atoms with van der Waals surface area (Å²) in [6, 6.07) is 0.757. The van der Waals surface area contributed by atoms with Gasteiger partial charge in [0, 0.05) is 35.9 Å². The lowest BCUT2D eigenvalue weighted by atomic mass is 9.82. The van der Waals surface area contributed by atoms with Crippen LogP contribution in [-0.4, -0.2) is 49.3 Å². The van der Waals surface area contributed by atoms with E-state index in [0.717, 1.165) is 18.9 Å². The van der Waals surface area contributed by atoms with E-state index in [9.17, 15) is 27.3 Å². The summed E-state index contributed by atoms with van der Waals surface area (Å²) in [5, 5.41) is 8.88. The molecule has 2 N–H and O–H groups in total. The first-order valence-electron chi connectivity index (χ1n) is 11.2. The second kappa shape index (κ2) is 10.2. The number of carbonyl (C=O) groups excluding carboxylic acids is 1. The van der Waals surface area contributed by atoms with Gasteiger partial charge in [0.1, 0.15) is 10.6 Å². The molecular formula is C23H31F3N2O4S. The Bertz CT molecular complexity index is 881. The smallest absolute Gasteiger partial charge is 0.303 e. The average molecular weight is 489 g/mol. The van der Waals surface area contributed by atoms with Crippen LogP contribution in [0.3, 0.4) is 0 Å². The minimum atomic E-state index is -1.47. The molecule has 184 valence electrons. The number of nitrogens with zero attached hydrogens (tertiary/aromatic N) is 1. The number of piperidine rings is 1. The second-order valence-electron chi connectivity index (χ2n) is 9.98. The fourth-order valence-corrected chi connectivity index (χ4v) is 5.78. The quantitative estimate of drug-likeness (QED) is 0.430. The van der Waals surface area contributed by atoms with Gasteiger partial charge in [-0.1, -0.05) is 0 Å². The molecule has 1 aromatic rings. The van der Waals surface area contributed by atoms with E-state index in [-0.39, 0.29) is 48.7 Å². The van der Waals surface area contributed by atoms with Gasteiger partial charge in [0.15, 0.2) is 11.6 Å². The summed E-state index contributed by atoms with van der Waals surface area (Å²) in [7, 11) is 0. The van der Waals surface area contributed by atoms with Crippen LogP contribution in [0.4, 0.5) is 13.2 Å². The molecule has 3 rings (SSSR count). The van der Waals surface area contributed by atoms with Crippen molar-refractivity contribution in [2.24, 2.45) is 5.92 Å². The third-order valence-electron chi connectivity index (χ3n) is 6.52. The van der Waals surface area contributed by atoms with Crippen molar-refractivity contribution in [3.8, 4) is 0 Å². The maximum Gasteiger partial charge on any atom is 0.303 e. The van der Waals surface area contributed by atoms with Gasteiger partial charge < -0.3 is 14.6 Å². The van der Waals surface area contributed by atoms with Crippen LogP contribution < -0.4 is 4.72 Å². The first kappa shape index (κ1) is 25.8. The Morgan fingerprint density at radius 1 is 1.12 bits per heavy atom. The maximum absolute atomic E-state index is 14.4. The first-order valence-corrected chi connectivity index (χ1v) is 12.4.